The first-order valence-electron chi connectivity index (χ1n) is 6.41. The molecule has 104 valence electrons. The monoisotopic (exact) mass is 263 g/mol. The molecule has 0 fully saturated rings. The van der Waals surface area contributed by atoms with Gasteiger partial charge in [-0.05, 0) is 13.0 Å². The van der Waals surface area contributed by atoms with E-state index in [9.17, 15) is 0 Å². The highest BCUT2D eigenvalue weighted by Gasteiger charge is 2.06. The van der Waals surface area contributed by atoms with Crippen molar-refractivity contribution in [2.24, 2.45) is 7.05 Å². The third kappa shape index (κ3) is 3.54. The van der Waals surface area contributed by atoms with Crippen molar-refractivity contribution >= 4 is 5.95 Å². The van der Waals surface area contributed by atoms with Crippen molar-refractivity contribution in [2.45, 2.75) is 19.5 Å². The van der Waals surface area contributed by atoms with Crippen LogP contribution in [-0.2, 0) is 20.1 Å². The molecule has 7 heteroatoms. The van der Waals surface area contributed by atoms with Crippen LogP contribution in [0.15, 0.2) is 18.6 Å². The molecule has 0 aliphatic carbocycles. The minimum Gasteiger partial charge on any atom is -0.348 e. The van der Waals surface area contributed by atoms with E-state index in [4.69, 9.17) is 0 Å². The summed E-state index contributed by atoms with van der Waals surface area (Å²) < 4.78 is 3.94. The molecule has 0 bridgehead atoms. The lowest BCUT2D eigenvalue weighted by Crippen LogP contribution is -2.20. The zero-order valence-electron chi connectivity index (χ0n) is 11.7. The predicted molar refractivity (Wildman–Crippen MR) is 73.9 cm³/mol. The van der Waals surface area contributed by atoms with E-state index >= 15 is 0 Å². The average Bonchev–Trinajstić information content (AvgIpc) is 2.99. The van der Waals surface area contributed by atoms with Crippen LogP contribution < -0.4 is 10.2 Å². The minimum absolute atomic E-state index is 0.828. The maximum atomic E-state index is 4.38. The molecule has 0 aliphatic rings. The van der Waals surface area contributed by atoms with Gasteiger partial charge in [0.05, 0.1) is 18.1 Å². The lowest BCUT2D eigenvalue weighted by atomic mass is 10.4. The predicted octanol–water partition coefficient (Wildman–Crippen LogP) is 0.257. The molecule has 0 unspecified atom stereocenters. The van der Waals surface area contributed by atoms with Gasteiger partial charge in [-0.15, -0.1) is 5.10 Å². The fourth-order valence-corrected chi connectivity index (χ4v) is 1.95. The maximum Gasteiger partial charge on any atom is 0.204 e. The van der Waals surface area contributed by atoms with E-state index in [0.29, 0.717) is 0 Å². The molecule has 2 aromatic heterocycles. The number of anilines is 1. The molecule has 0 radical (unpaired) electrons. The summed E-state index contributed by atoms with van der Waals surface area (Å²) in [6.07, 6.45) is 6.53. The van der Waals surface area contributed by atoms with Crippen LogP contribution in [0.3, 0.4) is 0 Å². The Kier molecular flexibility index (Phi) is 4.51. The first-order valence-corrected chi connectivity index (χ1v) is 6.41. The molecule has 7 nitrogen and oxygen atoms in total. The van der Waals surface area contributed by atoms with Crippen molar-refractivity contribution in [3.63, 3.8) is 0 Å². The molecule has 2 heterocycles. The second-order valence-electron chi connectivity index (χ2n) is 4.70. The van der Waals surface area contributed by atoms with E-state index in [2.05, 4.69) is 25.2 Å². The highest BCUT2D eigenvalue weighted by molar-refractivity contribution is 5.30. The fourth-order valence-electron chi connectivity index (χ4n) is 1.95. The lowest BCUT2D eigenvalue weighted by molar-refractivity contribution is 0.526. The van der Waals surface area contributed by atoms with Crippen LogP contribution in [0.2, 0.25) is 0 Å². The van der Waals surface area contributed by atoms with E-state index in [1.807, 2.05) is 43.1 Å². The van der Waals surface area contributed by atoms with Crippen LogP contribution in [-0.4, -0.2) is 45.2 Å². The smallest absolute Gasteiger partial charge is 0.204 e. The molecule has 1 N–H and O–H groups in total. The fraction of sp³-hybridized carbons (Fsp3) is 0.583. The number of nitrogens with one attached hydrogen (secondary N) is 1. The Hall–Kier alpha value is -1.89. The van der Waals surface area contributed by atoms with E-state index in [1.165, 1.54) is 5.69 Å². The van der Waals surface area contributed by atoms with Crippen molar-refractivity contribution < 1.29 is 0 Å². The van der Waals surface area contributed by atoms with Gasteiger partial charge in [0.25, 0.3) is 0 Å². The van der Waals surface area contributed by atoms with Crippen LogP contribution in [0.1, 0.15) is 12.1 Å². The summed E-state index contributed by atoms with van der Waals surface area (Å²) in [5.74, 6) is 0.972. The highest BCUT2D eigenvalue weighted by Crippen LogP contribution is 2.10. The van der Waals surface area contributed by atoms with Crippen molar-refractivity contribution in [3.8, 4) is 0 Å². The second kappa shape index (κ2) is 6.33. The Balaban J connectivity index is 1.71. The Labute approximate surface area is 113 Å². The lowest BCUT2D eigenvalue weighted by Gasteiger charge is -2.12. The summed E-state index contributed by atoms with van der Waals surface area (Å²) in [7, 11) is 6.03. The van der Waals surface area contributed by atoms with Gasteiger partial charge in [0.15, 0.2) is 0 Å². The number of hydrogen-bond acceptors (Lipinski definition) is 5. The topological polar surface area (TPSA) is 63.8 Å². The number of aryl methyl sites for hydroxylation is 1. The molecule has 0 spiro atoms. The van der Waals surface area contributed by atoms with E-state index in [0.717, 1.165) is 32.0 Å². The van der Waals surface area contributed by atoms with Gasteiger partial charge in [-0.25, -0.2) is 4.98 Å². The quantitative estimate of drug-likeness (QED) is 0.726. The standard InChI is InChI=1S/C12H21N7/c1-17(2)12-14-10-11(18(12)3)9-13-5-4-7-19-8-6-15-16-19/h6,8,10,13H,4-5,7,9H2,1-3H3. The summed E-state index contributed by atoms with van der Waals surface area (Å²) in [4.78, 5) is 6.39. The molecule has 0 atom stereocenters. The molecular formula is C12H21N7. The van der Waals surface area contributed by atoms with Crippen molar-refractivity contribution in [3.05, 3.63) is 24.3 Å². The van der Waals surface area contributed by atoms with Crippen LogP contribution >= 0.6 is 0 Å². The number of hydrogen-bond donors (Lipinski definition) is 1. The Morgan fingerprint density at radius 2 is 2.21 bits per heavy atom. The van der Waals surface area contributed by atoms with Gasteiger partial charge in [0.1, 0.15) is 0 Å². The van der Waals surface area contributed by atoms with Gasteiger partial charge in [0, 0.05) is 40.4 Å². The van der Waals surface area contributed by atoms with Crippen molar-refractivity contribution in [1.29, 1.82) is 0 Å². The van der Waals surface area contributed by atoms with Gasteiger partial charge >= 0.3 is 0 Å². The third-order valence-electron chi connectivity index (χ3n) is 2.98. The molecule has 0 saturated heterocycles. The van der Waals surface area contributed by atoms with Crippen LogP contribution in [0.25, 0.3) is 0 Å². The maximum absolute atomic E-state index is 4.38. The van der Waals surface area contributed by atoms with Gasteiger partial charge in [-0.2, -0.15) is 0 Å². The third-order valence-corrected chi connectivity index (χ3v) is 2.98. The second-order valence-corrected chi connectivity index (χ2v) is 4.70. The zero-order chi connectivity index (χ0) is 13.7. The number of aromatic nitrogens is 5. The van der Waals surface area contributed by atoms with Crippen LogP contribution in [0.4, 0.5) is 5.95 Å². The Morgan fingerprint density at radius 1 is 1.37 bits per heavy atom. The number of imidazole rings is 1. The van der Waals surface area contributed by atoms with Crippen LogP contribution in [0.5, 0.6) is 0 Å². The van der Waals surface area contributed by atoms with E-state index in [-0.39, 0.29) is 0 Å². The minimum atomic E-state index is 0.828. The number of nitrogens with zero attached hydrogens (tertiary/aromatic N) is 6. The molecule has 19 heavy (non-hydrogen) atoms. The first kappa shape index (κ1) is 13.5. The molecule has 0 aromatic carbocycles. The SMILES string of the molecule is CN(C)c1ncc(CNCCCn2ccnn2)n1C. The highest BCUT2D eigenvalue weighted by atomic mass is 15.4. The summed E-state index contributed by atoms with van der Waals surface area (Å²) in [6.45, 7) is 2.67. The summed E-state index contributed by atoms with van der Waals surface area (Å²) in [5, 5.41) is 11.1. The molecule has 2 rings (SSSR count). The molecule has 0 saturated carbocycles. The molecule has 0 amide bonds. The van der Waals surface area contributed by atoms with Gasteiger partial charge in [-0.1, -0.05) is 5.21 Å². The van der Waals surface area contributed by atoms with Crippen LogP contribution in [0, 0.1) is 0 Å². The van der Waals surface area contributed by atoms with E-state index in [1.54, 1.807) is 6.20 Å². The van der Waals surface area contributed by atoms with Gasteiger partial charge < -0.3 is 14.8 Å². The molecule has 0 aliphatic heterocycles. The largest absolute Gasteiger partial charge is 0.348 e. The first-order chi connectivity index (χ1) is 9.18. The molecular weight excluding hydrogens is 242 g/mol. The average molecular weight is 263 g/mol. The molecule has 2 aromatic rings. The van der Waals surface area contributed by atoms with E-state index < -0.39 is 0 Å². The van der Waals surface area contributed by atoms with Gasteiger partial charge in [0.2, 0.25) is 5.95 Å². The summed E-state index contributed by atoms with van der Waals surface area (Å²) in [6, 6.07) is 0. The summed E-state index contributed by atoms with van der Waals surface area (Å²) >= 11 is 0. The summed E-state index contributed by atoms with van der Waals surface area (Å²) in [5.41, 5.74) is 1.18. The normalized spacial score (nSPS) is 10.9. The van der Waals surface area contributed by atoms with Crippen molar-refractivity contribution in [2.75, 3.05) is 25.5 Å². The Bertz CT molecular complexity index is 486. The van der Waals surface area contributed by atoms with Crippen molar-refractivity contribution in [1.82, 2.24) is 29.9 Å². The number of rotatable bonds is 7. The van der Waals surface area contributed by atoms with Gasteiger partial charge in [-0.3, -0.25) is 4.68 Å². The zero-order valence-corrected chi connectivity index (χ0v) is 11.7. The Morgan fingerprint density at radius 3 is 2.84 bits per heavy atom.